The minimum atomic E-state index is -0.523. The third-order valence-electron chi connectivity index (χ3n) is 5.32. The molecule has 7 heteroatoms. The summed E-state index contributed by atoms with van der Waals surface area (Å²) in [4.78, 5) is 36.5. The second-order valence-electron chi connectivity index (χ2n) is 8.69. The van der Waals surface area contributed by atoms with Crippen molar-refractivity contribution >= 4 is 28.9 Å². The number of hydrogen-bond donors (Lipinski definition) is 2. The summed E-state index contributed by atoms with van der Waals surface area (Å²) in [5.74, 6) is -0.124. The van der Waals surface area contributed by atoms with E-state index in [0.29, 0.717) is 11.5 Å². The number of amides is 1. The van der Waals surface area contributed by atoms with Gasteiger partial charge in [0.05, 0.1) is 18.4 Å². The second kappa shape index (κ2) is 8.88. The zero-order valence-corrected chi connectivity index (χ0v) is 19.0. The Bertz CT molecular complexity index is 1110. The van der Waals surface area contributed by atoms with E-state index in [1.807, 2.05) is 39.8 Å². The van der Waals surface area contributed by atoms with E-state index in [1.165, 1.54) is 12.7 Å². The van der Waals surface area contributed by atoms with E-state index in [0.717, 1.165) is 47.2 Å². The van der Waals surface area contributed by atoms with Gasteiger partial charge in [0.25, 0.3) is 0 Å². The molecular weight excluding hydrogens is 392 g/mol. The maximum absolute atomic E-state index is 12.4. The van der Waals surface area contributed by atoms with Crippen molar-refractivity contribution in [2.75, 3.05) is 12.4 Å². The van der Waals surface area contributed by atoms with Crippen molar-refractivity contribution in [1.29, 1.82) is 0 Å². The number of aromatic amines is 1. The molecule has 2 heterocycles. The molecule has 2 N–H and O–H groups in total. The largest absolute Gasteiger partial charge is 0.465 e. The van der Waals surface area contributed by atoms with Crippen LogP contribution in [0.4, 0.5) is 5.95 Å². The lowest BCUT2D eigenvalue weighted by Crippen LogP contribution is -2.28. The van der Waals surface area contributed by atoms with E-state index >= 15 is 0 Å². The van der Waals surface area contributed by atoms with Gasteiger partial charge in [-0.25, -0.2) is 9.78 Å². The topological polar surface area (TPSA) is 97.0 Å². The molecule has 0 atom stereocenters. The van der Waals surface area contributed by atoms with Gasteiger partial charge in [-0.05, 0) is 49.4 Å². The van der Waals surface area contributed by atoms with Gasteiger partial charge in [-0.1, -0.05) is 39.8 Å². The van der Waals surface area contributed by atoms with Crippen LogP contribution in [0.2, 0.25) is 0 Å². The molecule has 0 spiro atoms. The van der Waals surface area contributed by atoms with Crippen LogP contribution >= 0.6 is 0 Å². The molecule has 2 aromatic heterocycles. The highest BCUT2D eigenvalue weighted by Crippen LogP contribution is 2.27. The SMILES string of the molecule is CCc1nc(NC(=O)C(C)(C)C)nc2[nH]c(C)c(CCc3ccc(C(=O)OC)cc3)c12. The summed E-state index contributed by atoms with van der Waals surface area (Å²) in [6.45, 7) is 9.65. The van der Waals surface area contributed by atoms with E-state index < -0.39 is 5.41 Å². The summed E-state index contributed by atoms with van der Waals surface area (Å²) >= 11 is 0. The summed E-state index contributed by atoms with van der Waals surface area (Å²) in [6, 6.07) is 7.48. The van der Waals surface area contributed by atoms with E-state index in [9.17, 15) is 9.59 Å². The Morgan fingerprint density at radius 2 is 1.77 bits per heavy atom. The first-order valence-corrected chi connectivity index (χ1v) is 10.5. The Hall–Kier alpha value is -3.22. The molecule has 3 aromatic rings. The molecule has 0 aliphatic heterocycles. The van der Waals surface area contributed by atoms with Gasteiger partial charge in [0.2, 0.25) is 11.9 Å². The van der Waals surface area contributed by atoms with Crippen molar-refractivity contribution in [3.05, 3.63) is 52.3 Å². The molecule has 0 aliphatic rings. The molecule has 0 radical (unpaired) electrons. The molecule has 0 aliphatic carbocycles. The quantitative estimate of drug-likeness (QED) is 0.575. The number of H-pyrrole nitrogens is 1. The fourth-order valence-corrected chi connectivity index (χ4v) is 3.46. The number of aromatic nitrogens is 3. The molecule has 1 amide bonds. The number of nitrogens with zero attached hydrogens (tertiary/aromatic N) is 2. The first kappa shape index (κ1) is 22.5. The summed E-state index contributed by atoms with van der Waals surface area (Å²) in [6.07, 6.45) is 2.36. The molecule has 7 nitrogen and oxygen atoms in total. The van der Waals surface area contributed by atoms with Gasteiger partial charge < -0.3 is 9.72 Å². The van der Waals surface area contributed by atoms with Gasteiger partial charge in [-0.3, -0.25) is 10.1 Å². The average molecular weight is 423 g/mol. The Balaban J connectivity index is 1.86. The number of anilines is 1. The highest BCUT2D eigenvalue weighted by Gasteiger charge is 2.23. The van der Waals surface area contributed by atoms with Crippen LogP contribution in [0.1, 0.15) is 60.6 Å². The number of esters is 1. The van der Waals surface area contributed by atoms with Crippen LogP contribution in [0.15, 0.2) is 24.3 Å². The minimum Gasteiger partial charge on any atom is -0.465 e. The molecule has 1 aromatic carbocycles. The number of benzene rings is 1. The summed E-state index contributed by atoms with van der Waals surface area (Å²) in [5, 5.41) is 3.86. The maximum atomic E-state index is 12.4. The first-order chi connectivity index (χ1) is 14.6. The predicted molar refractivity (Wildman–Crippen MR) is 121 cm³/mol. The fraction of sp³-hybridized carbons (Fsp3) is 0.417. The Morgan fingerprint density at radius 3 is 2.35 bits per heavy atom. The third kappa shape index (κ3) is 4.93. The van der Waals surface area contributed by atoms with Crippen LogP contribution in [0, 0.1) is 12.3 Å². The lowest BCUT2D eigenvalue weighted by Gasteiger charge is -2.17. The molecular formula is C24H30N4O3. The molecule has 0 saturated carbocycles. The van der Waals surface area contributed by atoms with Crippen LogP contribution in [0.5, 0.6) is 0 Å². The van der Waals surface area contributed by atoms with E-state index in [2.05, 4.69) is 27.2 Å². The summed E-state index contributed by atoms with van der Waals surface area (Å²) < 4.78 is 4.75. The smallest absolute Gasteiger partial charge is 0.337 e. The highest BCUT2D eigenvalue weighted by atomic mass is 16.5. The van der Waals surface area contributed by atoms with Crippen molar-refractivity contribution in [1.82, 2.24) is 15.0 Å². The molecule has 0 unspecified atom stereocenters. The number of nitrogens with one attached hydrogen (secondary N) is 2. The molecule has 31 heavy (non-hydrogen) atoms. The van der Waals surface area contributed by atoms with Gasteiger partial charge >= 0.3 is 5.97 Å². The van der Waals surface area contributed by atoms with Crippen molar-refractivity contribution < 1.29 is 14.3 Å². The summed E-state index contributed by atoms with van der Waals surface area (Å²) in [5.41, 5.74) is 5.03. The predicted octanol–water partition coefficient (Wildman–Crippen LogP) is 4.39. The van der Waals surface area contributed by atoms with Crippen molar-refractivity contribution in [2.24, 2.45) is 5.41 Å². The van der Waals surface area contributed by atoms with Crippen LogP contribution in [-0.4, -0.2) is 33.9 Å². The Labute approximate surface area is 182 Å². The van der Waals surface area contributed by atoms with E-state index in [1.54, 1.807) is 12.1 Å². The van der Waals surface area contributed by atoms with Crippen molar-refractivity contribution in [3.63, 3.8) is 0 Å². The number of aryl methyl sites for hydroxylation is 4. The van der Waals surface area contributed by atoms with Crippen LogP contribution in [0.3, 0.4) is 0 Å². The number of carbonyl (C=O) groups is 2. The average Bonchev–Trinajstić information content (AvgIpc) is 3.05. The third-order valence-corrected chi connectivity index (χ3v) is 5.32. The molecule has 0 bridgehead atoms. The zero-order chi connectivity index (χ0) is 22.8. The van der Waals surface area contributed by atoms with Gasteiger partial charge in [-0.2, -0.15) is 4.98 Å². The number of carbonyl (C=O) groups excluding carboxylic acids is 2. The Kier molecular flexibility index (Phi) is 6.43. The zero-order valence-electron chi connectivity index (χ0n) is 19.0. The monoisotopic (exact) mass is 422 g/mol. The van der Waals surface area contributed by atoms with E-state index in [-0.39, 0.29) is 11.9 Å². The first-order valence-electron chi connectivity index (χ1n) is 10.5. The summed E-state index contributed by atoms with van der Waals surface area (Å²) in [7, 11) is 1.38. The molecule has 3 rings (SSSR count). The van der Waals surface area contributed by atoms with Crippen molar-refractivity contribution in [3.8, 4) is 0 Å². The number of fused-ring (bicyclic) bond motifs is 1. The number of rotatable bonds is 6. The van der Waals surface area contributed by atoms with Gasteiger partial charge in [-0.15, -0.1) is 0 Å². The molecule has 0 fully saturated rings. The lowest BCUT2D eigenvalue weighted by atomic mass is 9.96. The van der Waals surface area contributed by atoms with E-state index in [4.69, 9.17) is 4.74 Å². The Morgan fingerprint density at radius 1 is 1.10 bits per heavy atom. The van der Waals surface area contributed by atoms with Crippen LogP contribution in [0.25, 0.3) is 11.0 Å². The minimum absolute atomic E-state index is 0.118. The maximum Gasteiger partial charge on any atom is 0.337 e. The van der Waals surface area contributed by atoms with Crippen LogP contribution < -0.4 is 5.32 Å². The van der Waals surface area contributed by atoms with Gasteiger partial charge in [0.15, 0.2) is 0 Å². The lowest BCUT2D eigenvalue weighted by molar-refractivity contribution is -0.123. The standard InChI is InChI=1S/C24H30N4O3/c1-7-18-19-17(13-10-15-8-11-16(12-9-15)21(29)31-6)14(2)25-20(19)27-23(26-18)28-22(30)24(3,4)5/h8-9,11-12H,7,10,13H2,1-6H3,(H2,25,26,27,28,30). The number of ether oxygens (including phenoxy) is 1. The second-order valence-corrected chi connectivity index (χ2v) is 8.69. The van der Waals surface area contributed by atoms with Gasteiger partial charge in [0.1, 0.15) is 5.65 Å². The highest BCUT2D eigenvalue weighted by molar-refractivity contribution is 5.94. The normalized spacial score (nSPS) is 11.5. The van der Waals surface area contributed by atoms with Crippen molar-refractivity contribution in [2.45, 2.75) is 53.9 Å². The fourth-order valence-electron chi connectivity index (χ4n) is 3.46. The molecule has 164 valence electrons. The van der Waals surface area contributed by atoms with Gasteiger partial charge in [0, 0.05) is 16.5 Å². The van der Waals surface area contributed by atoms with Crippen LogP contribution in [-0.2, 0) is 28.8 Å². The number of hydrogen-bond acceptors (Lipinski definition) is 5. The molecule has 0 saturated heterocycles. The number of methoxy groups -OCH3 is 1.